The zero-order valence-corrected chi connectivity index (χ0v) is 13.8. The number of nitrogens with one attached hydrogen (secondary N) is 2. The fourth-order valence-electron chi connectivity index (χ4n) is 3.68. The van der Waals surface area contributed by atoms with Gasteiger partial charge in [0.1, 0.15) is 0 Å². The van der Waals surface area contributed by atoms with Crippen LogP contribution in [0.15, 0.2) is 0 Å². The van der Waals surface area contributed by atoms with Crippen LogP contribution in [0.25, 0.3) is 0 Å². The van der Waals surface area contributed by atoms with Crippen LogP contribution in [0.3, 0.4) is 0 Å². The maximum absolute atomic E-state index is 12.1. The van der Waals surface area contributed by atoms with Crippen molar-refractivity contribution in [3.63, 3.8) is 0 Å². The third kappa shape index (κ3) is 5.61. The SMILES string of the molecule is CC1CCCC(NC(=O)CC(C)C2CCCNC2)C1.Cl. The number of hydrogen-bond donors (Lipinski definition) is 2. The Morgan fingerprint density at radius 1 is 1.30 bits per heavy atom. The van der Waals surface area contributed by atoms with Crippen molar-refractivity contribution in [1.82, 2.24) is 10.6 Å². The summed E-state index contributed by atoms with van der Waals surface area (Å²) >= 11 is 0. The lowest BCUT2D eigenvalue weighted by Gasteiger charge is -2.30. The first kappa shape index (κ1) is 17.8. The maximum Gasteiger partial charge on any atom is 0.220 e. The molecule has 0 aromatic heterocycles. The lowest BCUT2D eigenvalue weighted by atomic mass is 9.84. The molecule has 4 atom stereocenters. The van der Waals surface area contributed by atoms with E-state index >= 15 is 0 Å². The summed E-state index contributed by atoms with van der Waals surface area (Å²) in [6.07, 6.45) is 8.20. The smallest absolute Gasteiger partial charge is 0.220 e. The van der Waals surface area contributed by atoms with Gasteiger partial charge in [-0.3, -0.25) is 4.79 Å². The average molecular weight is 303 g/mol. The van der Waals surface area contributed by atoms with E-state index in [1.807, 2.05) is 0 Å². The third-order valence-electron chi connectivity index (χ3n) is 4.95. The van der Waals surface area contributed by atoms with Gasteiger partial charge in [-0.15, -0.1) is 12.4 Å². The fourth-order valence-corrected chi connectivity index (χ4v) is 3.68. The number of halogens is 1. The minimum atomic E-state index is 0. The van der Waals surface area contributed by atoms with Crippen LogP contribution in [0.2, 0.25) is 0 Å². The van der Waals surface area contributed by atoms with E-state index < -0.39 is 0 Å². The lowest BCUT2D eigenvalue weighted by Crippen LogP contribution is -2.40. The second kappa shape index (κ2) is 8.89. The van der Waals surface area contributed by atoms with E-state index in [1.165, 1.54) is 38.5 Å². The minimum absolute atomic E-state index is 0. The van der Waals surface area contributed by atoms with E-state index in [9.17, 15) is 4.79 Å². The van der Waals surface area contributed by atoms with Gasteiger partial charge in [0.2, 0.25) is 5.91 Å². The van der Waals surface area contributed by atoms with Crippen LogP contribution in [-0.2, 0) is 4.79 Å². The van der Waals surface area contributed by atoms with Gasteiger partial charge in [0.05, 0.1) is 0 Å². The molecule has 1 saturated heterocycles. The molecule has 4 unspecified atom stereocenters. The van der Waals surface area contributed by atoms with Gasteiger partial charge in [-0.05, 0) is 56.5 Å². The molecule has 0 aromatic carbocycles. The molecule has 2 N–H and O–H groups in total. The van der Waals surface area contributed by atoms with Gasteiger partial charge in [0, 0.05) is 12.5 Å². The maximum atomic E-state index is 12.1. The molecule has 118 valence electrons. The Morgan fingerprint density at radius 3 is 2.75 bits per heavy atom. The molecule has 2 rings (SSSR count). The van der Waals surface area contributed by atoms with E-state index in [0.29, 0.717) is 24.3 Å². The highest BCUT2D eigenvalue weighted by atomic mass is 35.5. The van der Waals surface area contributed by atoms with Gasteiger partial charge in [0.25, 0.3) is 0 Å². The Balaban J connectivity index is 0.00000200. The average Bonchev–Trinajstić information content (AvgIpc) is 2.39. The van der Waals surface area contributed by atoms with Crippen molar-refractivity contribution in [3.05, 3.63) is 0 Å². The second-order valence-corrected chi connectivity index (χ2v) is 6.82. The van der Waals surface area contributed by atoms with Crippen LogP contribution < -0.4 is 10.6 Å². The molecule has 0 bridgehead atoms. The quantitative estimate of drug-likeness (QED) is 0.838. The first-order valence-corrected chi connectivity index (χ1v) is 8.15. The van der Waals surface area contributed by atoms with Crippen LogP contribution in [0, 0.1) is 17.8 Å². The summed E-state index contributed by atoms with van der Waals surface area (Å²) in [5, 5.41) is 6.70. The van der Waals surface area contributed by atoms with Gasteiger partial charge < -0.3 is 10.6 Å². The standard InChI is InChI=1S/C16H30N2O.ClH/c1-12-5-3-7-15(9-12)18-16(19)10-13(2)14-6-4-8-17-11-14;/h12-15,17H,3-11H2,1-2H3,(H,18,19);1H. The number of hydrogen-bond acceptors (Lipinski definition) is 2. The van der Waals surface area contributed by atoms with Gasteiger partial charge in [-0.25, -0.2) is 0 Å². The first-order chi connectivity index (χ1) is 9.15. The van der Waals surface area contributed by atoms with Crippen LogP contribution >= 0.6 is 12.4 Å². The number of carbonyl (C=O) groups is 1. The normalized spacial score (nSPS) is 32.0. The number of amides is 1. The summed E-state index contributed by atoms with van der Waals surface area (Å²) in [5.74, 6) is 2.25. The van der Waals surface area contributed by atoms with E-state index in [0.717, 1.165) is 19.0 Å². The van der Waals surface area contributed by atoms with E-state index in [4.69, 9.17) is 0 Å². The van der Waals surface area contributed by atoms with Crippen LogP contribution in [-0.4, -0.2) is 25.0 Å². The lowest BCUT2D eigenvalue weighted by molar-refractivity contribution is -0.123. The Hall–Kier alpha value is -0.280. The van der Waals surface area contributed by atoms with E-state index in [2.05, 4.69) is 24.5 Å². The molecule has 0 radical (unpaired) electrons. The summed E-state index contributed by atoms with van der Waals surface area (Å²) in [7, 11) is 0. The fraction of sp³-hybridized carbons (Fsp3) is 0.938. The van der Waals surface area contributed by atoms with Crippen molar-refractivity contribution < 1.29 is 4.79 Å². The molecule has 2 fully saturated rings. The third-order valence-corrected chi connectivity index (χ3v) is 4.95. The predicted octanol–water partition coefficient (Wildman–Crippen LogP) is 3.13. The molecule has 2 aliphatic rings. The molecular weight excluding hydrogens is 272 g/mol. The van der Waals surface area contributed by atoms with Crippen LogP contribution in [0.4, 0.5) is 0 Å². The second-order valence-electron chi connectivity index (χ2n) is 6.82. The summed E-state index contributed by atoms with van der Waals surface area (Å²) in [5.41, 5.74) is 0. The summed E-state index contributed by atoms with van der Waals surface area (Å²) in [4.78, 5) is 12.1. The summed E-state index contributed by atoms with van der Waals surface area (Å²) < 4.78 is 0. The molecule has 0 spiro atoms. The Labute approximate surface area is 130 Å². The monoisotopic (exact) mass is 302 g/mol. The molecule has 4 heteroatoms. The summed E-state index contributed by atoms with van der Waals surface area (Å²) in [6, 6.07) is 0.438. The van der Waals surface area contributed by atoms with Gasteiger partial charge in [0.15, 0.2) is 0 Å². The van der Waals surface area contributed by atoms with Crippen LogP contribution in [0.1, 0.15) is 58.8 Å². The Bertz CT molecular complexity index is 292. The zero-order valence-electron chi connectivity index (χ0n) is 13.0. The van der Waals surface area contributed by atoms with Crippen molar-refractivity contribution in [2.24, 2.45) is 17.8 Å². The van der Waals surface area contributed by atoms with E-state index in [-0.39, 0.29) is 18.3 Å². The highest BCUT2D eigenvalue weighted by molar-refractivity contribution is 5.85. The topological polar surface area (TPSA) is 41.1 Å². The highest BCUT2D eigenvalue weighted by Gasteiger charge is 2.24. The van der Waals surface area contributed by atoms with Crippen molar-refractivity contribution in [2.45, 2.75) is 64.8 Å². The van der Waals surface area contributed by atoms with Gasteiger partial charge in [-0.2, -0.15) is 0 Å². The largest absolute Gasteiger partial charge is 0.353 e. The minimum Gasteiger partial charge on any atom is -0.353 e. The molecule has 0 aromatic rings. The van der Waals surface area contributed by atoms with E-state index in [1.54, 1.807) is 0 Å². The van der Waals surface area contributed by atoms with Crippen molar-refractivity contribution in [1.29, 1.82) is 0 Å². The molecular formula is C16H31ClN2O. The molecule has 1 heterocycles. The number of piperidine rings is 1. The highest BCUT2D eigenvalue weighted by Crippen LogP contribution is 2.25. The summed E-state index contributed by atoms with van der Waals surface area (Å²) in [6.45, 7) is 6.78. The van der Waals surface area contributed by atoms with Gasteiger partial charge >= 0.3 is 0 Å². The molecule has 1 aliphatic carbocycles. The zero-order chi connectivity index (χ0) is 13.7. The number of rotatable bonds is 4. The van der Waals surface area contributed by atoms with Gasteiger partial charge in [-0.1, -0.05) is 26.7 Å². The van der Waals surface area contributed by atoms with Crippen LogP contribution in [0.5, 0.6) is 0 Å². The number of carbonyl (C=O) groups excluding carboxylic acids is 1. The molecule has 3 nitrogen and oxygen atoms in total. The van der Waals surface area contributed by atoms with Crippen molar-refractivity contribution in [2.75, 3.05) is 13.1 Å². The molecule has 1 aliphatic heterocycles. The Kier molecular flexibility index (Phi) is 7.90. The Morgan fingerprint density at radius 2 is 2.10 bits per heavy atom. The van der Waals surface area contributed by atoms with Crippen molar-refractivity contribution in [3.8, 4) is 0 Å². The molecule has 20 heavy (non-hydrogen) atoms. The predicted molar refractivity (Wildman–Crippen MR) is 86.2 cm³/mol. The molecule has 1 amide bonds. The van der Waals surface area contributed by atoms with Crippen molar-refractivity contribution >= 4 is 18.3 Å². The first-order valence-electron chi connectivity index (χ1n) is 8.15. The molecule has 1 saturated carbocycles.